The van der Waals surface area contributed by atoms with Crippen LogP contribution < -0.4 is 5.32 Å². The van der Waals surface area contributed by atoms with Crippen LogP contribution in [0, 0.1) is 5.92 Å². The van der Waals surface area contributed by atoms with Gasteiger partial charge in [0, 0.05) is 19.6 Å². The summed E-state index contributed by atoms with van der Waals surface area (Å²) < 4.78 is 0. The number of nitrogens with zero attached hydrogens (tertiary/aromatic N) is 3. The van der Waals surface area contributed by atoms with Crippen LogP contribution in [0.1, 0.15) is 37.2 Å². The van der Waals surface area contributed by atoms with Gasteiger partial charge in [-0.25, -0.2) is 9.97 Å². The standard InChI is InChI=1S/C13H20N4O/c1-3-14-12-9-15-11(8-16-12)13(18)17-6-4-10(2)5-7-17/h8-10H,3-7H2,1-2H3,(H,14,16). The molecule has 0 bridgehead atoms. The summed E-state index contributed by atoms with van der Waals surface area (Å²) in [5.74, 6) is 1.43. The summed E-state index contributed by atoms with van der Waals surface area (Å²) in [6, 6.07) is 0. The first kappa shape index (κ1) is 12.8. The van der Waals surface area contributed by atoms with Crippen molar-refractivity contribution in [1.82, 2.24) is 14.9 Å². The van der Waals surface area contributed by atoms with E-state index >= 15 is 0 Å². The molecule has 1 aromatic heterocycles. The first-order valence-corrected chi connectivity index (χ1v) is 6.56. The Morgan fingerprint density at radius 1 is 1.39 bits per heavy atom. The number of carbonyl (C=O) groups is 1. The second-order valence-electron chi connectivity index (χ2n) is 4.79. The molecule has 0 saturated carbocycles. The van der Waals surface area contributed by atoms with E-state index in [0.717, 1.165) is 38.4 Å². The van der Waals surface area contributed by atoms with Crippen molar-refractivity contribution in [3.63, 3.8) is 0 Å². The summed E-state index contributed by atoms with van der Waals surface area (Å²) in [4.78, 5) is 22.4. The highest BCUT2D eigenvalue weighted by atomic mass is 16.2. The Balaban J connectivity index is 2.00. The Labute approximate surface area is 108 Å². The molecule has 0 spiro atoms. The van der Waals surface area contributed by atoms with Gasteiger partial charge >= 0.3 is 0 Å². The van der Waals surface area contributed by atoms with E-state index in [4.69, 9.17) is 0 Å². The summed E-state index contributed by atoms with van der Waals surface area (Å²) in [6.07, 6.45) is 5.32. The number of nitrogens with one attached hydrogen (secondary N) is 1. The lowest BCUT2D eigenvalue weighted by Crippen LogP contribution is -2.38. The predicted molar refractivity (Wildman–Crippen MR) is 70.5 cm³/mol. The maximum atomic E-state index is 12.2. The average Bonchev–Trinajstić information content (AvgIpc) is 2.40. The summed E-state index contributed by atoms with van der Waals surface area (Å²) in [5.41, 5.74) is 0.436. The zero-order valence-corrected chi connectivity index (χ0v) is 11.0. The van der Waals surface area contributed by atoms with E-state index in [0.29, 0.717) is 11.5 Å². The molecule has 0 aliphatic carbocycles. The molecule has 2 rings (SSSR count). The highest BCUT2D eigenvalue weighted by molar-refractivity contribution is 5.92. The SMILES string of the molecule is CCNc1cnc(C(=O)N2CCC(C)CC2)cn1. The average molecular weight is 248 g/mol. The highest BCUT2D eigenvalue weighted by Gasteiger charge is 2.22. The van der Waals surface area contributed by atoms with Crippen LogP contribution in [-0.2, 0) is 0 Å². The molecule has 1 aliphatic rings. The Morgan fingerprint density at radius 3 is 2.67 bits per heavy atom. The topological polar surface area (TPSA) is 58.1 Å². The lowest BCUT2D eigenvalue weighted by atomic mass is 9.99. The summed E-state index contributed by atoms with van der Waals surface area (Å²) in [6.45, 7) is 6.68. The van der Waals surface area contributed by atoms with E-state index < -0.39 is 0 Å². The minimum absolute atomic E-state index is 0.00236. The highest BCUT2D eigenvalue weighted by Crippen LogP contribution is 2.17. The third kappa shape index (κ3) is 2.97. The lowest BCUT2D eigenvalue weighted by molar-refractivity contribution is 0.0691. The fraction of sp³-hybridized carbons (Fsp3) is 0.615. The van der Waals surface area contributed by atoms with E-state index in [9.17, 15) is 4.79 Å². The molecule has 98 valence electrons. The van der Waals surface area contributed by atoms with Crippen LogP contribution in [-0.4, -0.2) is 40.4 Å². The van der Waals surface area contributed by atoms with Crippen molar-refractivity contribution in [1.29, 1.82) is 0 Å². The predicted octanol–water partition coefficient (Wildman–Crippen LogP) is 1.78. The molecule has 0 atom stereocenters. The number of likely N-dealkylation sites (tertiary alicyclic amines) is 1. The van der Waals surface area contributed by atoms with Gasteiger partial charge in [0.1, 0.15) is 11.5 Å². The third-order valence-electron chi connectivity index (χ3n) is 3.30. The number of anilines is 1. The minimum Gasteiger partial charge on any atom is -0.369 e. The molecule has 0 unspecified atom stereocenters. The Bertz CT molecular complexity index is 396. The molecule has 2 heterocycles. The first-order valence-electron chi connectivity index (χ1n) is 6.56. The molecule has 1 aliphatic heterocycles. The maximum Gasteiger partial charge on any atom is 0.274 e. The number of carbonyl (C=O) groups excluding carboxylic acids is 1. The second kappa shape index (κ2) is 5.80. The molecule has 1 aromatic rings. The smallest absolute Gasteiger partial charge is 0.274 e. The van der Waals surface area contributed by atoms with Crippen molar-refractivity contribution in [2.45, 2.75) is 26.7 Å². The monoisotopic (exact) mass is 248 g/mol. The van der Waals surface area contributed by atoms with Crippen LogP contribution in [0.25, 0.3) is 0 Å². The van der Waals surface area contributed by atoms with Crippen molar-refractivity contribution in [3.05, 3.63) is 18.1 Å². The van der Waals surface area contributed by atoms with Crippen LogP contribution in [0.4, 0.5) is 5.82 Å². The fourth-order valence-electron chi connectivity index (χ4n) is 2.08. The number of amides is 1. The van der Waals surface area contributed by atoms with Gasteiger partial charge in [-0.15, -0.1) is 0 Å². The summed E-state index contributed by atoms with van der Waals surface area (Å²) in [7, 11) is 0. The zero-order chi connectivity index (χ0) is 13.0. The summed E-state index contributed by atoms with van der Waals surface area (Å²) >= 11 is 0. The van der Waals surface area contributed by atoms with Gasteiger partial charge in [-0.1, -0.05) is 6.92 Å². The zero-order valence-electron chi connectivity index (χ0n) is 11.0. The van der Waals surface area contributed by atoms with Gasteiger partial charge in [0.2, 0.25) is 0 Å². The largest absolute Gasteiger partial charge is 0.369 e. The van der Waals surface area contributed by atoms with Crippen LogP contribution >= 0.6 is 0 Å². The Morgan fingerprint density at radius 2 is 2.11 bits per heavy atom. The van der Waals surface area contributed by atoms with E-state index in [-0.39, 0.29) is 5.91 Å². The molecule has 5 nitrogen and oxygen atoms in total. The maximum absolute atomic E-state index is 12.2. The van der Waals surface area contributed by atoms with E-state index in [1.54, 1.807) is 12.4 Å². The van der Waals surface area contributed by atoms with Crippen molar-refractivity contribution < 1.29 is 4.79 Å². The van der Waals surface area contributed by atoms with E-state index in [1.165, 1.54) is 0 Å². The van der Waals surface area contributed by atoms with Crippen LogP contribution in [0.5, 0.6) is 0 Å². The Kier molecular flexibility index (Phi) is 4.12. The molecular weight excluding hydrogens is 228 g/mol. The van der Waals surface area contributed by atoms with Crippen molar-refractivity contribution in [3.8, 4) is 0 Å². The molecule has 1 saturated heterocycles. The third-order valence-corrected chi connectivity index (χ3v) is 3.30. The summed E-state index contributed by atoms with van der Waals surface area (Å²) in [5, 5.41) is 3.06. The van der Waals surface area contributed by atoms with Gasteiger partial charge in [0.15, 0.2) is 0 Å². The normalized spacial score (nSPS) is 16.7. The van der Waals surface area contributed by atoms with Gasteiger partial charge in [-0.05, 0) is 25.7 Å². The number of rotatable bonds is 3. The van der Waals surface area contributed by atoms with Crippen LogP contribution in [0.15, 0.2) is 12.4 Å². The molecule has 5 heteroatoms. The molecule has 18 heavy (non-hydrogen) atoms. The van der Waals surface area contributed by atoms with Crippen molar-refractivity contribution in [2.24, 2.45) is 5.92 Å². The van der Waals surface area contributed by atoms with Crippen LogP contribution in [0.3, 0.4) is 0 Å². The molecule has 1 N–H and O–H groups in total. The van der Waals surface area contributed by atoms with Crippen molar-refractivity contribution >= 4 is 11.7 Å². The number of aromatic nitrogens is 2. The number of piperidine rings is 1. The Hall–Kier alpha value is -1.65. The molecule has 1 fully saturated rings. The molecule has 0 aromatic carbocycles. The quantitative estimate of drug-likeness (QED) is 0.886. The number of hydrogen-bond donors (Lipinski definition) is 1. The molecular formula is C13H20N4O. The van der Waals surface area contributed by atoms with Gasteiger partial charge in [0.05, 0.1) is 12.4 Å². The molecule has 1 amide bonds. The van der Waals surface area contributed by atoms with E-state index in [2.05, 4.69) is 22.2 Å². The first-order chi connectivity index (χ1) is 8.70. The van der Waals surface area contributed by atoms with Gasteiger partial charge in [-0.3, -0.25) is 4.79 Å². The fourth-order valence-corrected chi connectivity index (χ4v) is 2.08. The van der Waals surface area contributed by atoms with Crippen molar-refractivity contribution in [2.75, 3.05) is 25.0 Å². The second-order valence-corrected chi connectivity index (χ2v) is 4.79. The van der Waals surface area contributed by atoms with Crippen LogP contribution in [0.2, 0.25) is 0 Å². The van der Waals surface area contributed by atoms with Gasteiger partial charge < -0.3 is 10.2 Å². The molecule has 0 radical (unpaired) electrons. The minimum atomic E-state index is -0.00236. The lowest BCUT2D eigenvalue weighted by Gasteiger charge is -2.29. The van der Waals surface area contributed by atoms with E-state index in [1.807, 2.05) is 11.8 Å². The number of hydrogen-bond acceptors (Lipinski definition) is 4. The van der Waals surface area contributed by atoms with Gasteiger partial charge in [-0.2, -0.15) is 0 Å². The van der Waals surface area contributed by atoms with Gasteiger partial charge in [0.25, 0.3) is 5.91 Å².